The van der Waals surface area contributed by atoms with E-state index in [1.807, 2.05) is 13.8 Å². The van der Waals surface area contributed by atoms with Crippen LogP contribution in [0.4, 0.5) is 0 Å². The second-order valence-corrected chi connectivity index (χ2v) is 6.82. The first-order valence-electron chi connectivity index (χ1n) is 9.14. The van der Waals surface area contributed by atoms with Crippen LogP contribution in [-0.4, -0.2) is 34.4 Å². The first-order chi connectivity index (χ1) is 13.7. The molecule has 2 rings (SSSR count). The van der Waals surface area contributed by atoms with Crippen molar-refractivity contribution in [3.8, 4) is 23.0 Å². The quantitative estimate of drug-likeness (QED) is 0.421. The molecule has 0 heterocycles. The molecular weight excluding hydrogens is 400 g/mol. The molecule has 0 saturated heterocycles. The highest BCUT2D eigenvalue weighted by atomic mass is 35.5. The van der Waals surface area contributed by atoms with Crippen LogP contribution in [0.3, 0.4) is 0 Å². The molecule has 0 aliphatic carbocycles. The molecule has 0 aromatic heterocycles. The fourth-order valence-electron chi connectivity index (χ4n) is 3.10. The first kappa shape index (κ1) is 22.4. The molecular formula is C21H23ClO7. The van der Waals surface area contributed by atoms with Crippen LogP contribution in [0.25, 0.3) is 0 Å². The second kappa shape index (κ2) is 9.52. The number of carboxylic acid groups (broad SMARTS) is 1. The number of carbonyl (C=O) groups is 2. The van der Waals surface area contributed by atoms with Gasteiger partial charge in [0.25, 0.3) is 0 Å². The third-order valence-electron chi connectivity index (χ3n) is 4.35. The third kappa shape index (κ3) is 4.74. The van der Waals surface area contributed by atoms with Gasteiger partial charge in [-0.1, -0.05) is 38.3 Å². The molecule has 7 nitrogen and oxygen atoms in total. The topological polar surface area (TPSA) is 113 Å². The predicted molar refractivity (Wildman–Crippen MR) is 108 cm³/mol. The molecule has 0 bridgehead atoms. The molecule has 29 heavy (non-hydrogen) atoms. The van der Waals surface area contributed by atoms with Crippen LogP contribution >= 0.6 is 11.6 Å². The number of hydrogen-bond donors (Lipinski definition) is 3. The van der Waals surface area contributed by atoms with Gasteiger partial charge in [-0.25, -0.2) is 9.59 Å². The first-order valence-corrected chi connectivity index (χ1v) is 9.52. The maximum atomic E-state index is 12.8. The molecule has 0 spiro atoms. The molecule has 0 aliphatic rings. The van der Waals surface area contributed by atoms with E-state index in [0.717, 1.165) is 6.07 Å². The van der Waals surface area contributed by atoms with Gasteiger partial charge in [-0.3, -0.25) is 0 Å². The molecule has 3 N–H and O–H groups in total. The lowest BCUT2D eigenvalue weighted by Crippen LogP contribution is -2.13. The van der Waals surface area contributed by atoms with Crippen molar-refractivity contribution in [2.75, 3.05) is 7.11 Å². The fraction of sp³-hybridized carbons (Fsp3) is 0.333. The summed E-state index contributed by atoms with van der Waals surface area (Å²) >= 11 is 6.08. The van der Waals surface area contributed by atoms with E-state index in [1.54, 1.807) is 6.07 Å². The van der Waals surface area contributed by atoms with Crippen LogP contribution in [0, 0.1) is 0 Å². The minimum Gasteiger partial charge on any atom is -0.507 e. The standard InChI is InChI=1S/C21H23ClO7/c1-4-6-11-8-13(10-14(23)16(11)20(25)26)29-21(27)17-12(7-5-2)9-15(28-3)18(22)19(17)24/h8-10,23-24H,4-7H2,1-3H3,(H,25,26). The van der Waals surface area contributed by atoms with E-state index < -0.39 is 23.4 Å². The number of phenols is 2. The molecule has 0 atom stereocenters. The Morgan fingerprint density at radius 2 is 1.59 bits per heavy atom. The Labute approximate surface area is 173 Å². The number of benzene rings is 2. The van der Waals surface area contributed by atoms with Crippen molar-refractivity contribution in [1.82, 2.24) is 0 Å². The summed E-state index contributed by atoms with van der Waals surface area (Å²) < 4.78 is 10.5. The summed E-state index contributed by atoms with van der Waals surface area (Å²) in [5, 5.41) is 29.7. The molecule has 0 saturated carbocycles. The second-order valence-electron chi connectivity index (χ2n) is 6.45. The molecule has 156 valence electrons. The largest absolute Gasteiger partial charge is 0.507 e. The summed E-state index contributed by atoms with van der Waals surface area (Å²) in [6.07, 6.45) is 2.17. The monoisotopic (exact) mass is 422 g/mol. The molecule has 0 aliphatic heterocycles. The highest BCUT2D eigenvalue weighted by Crippen LogP contribution is 2.40. The van der Waals surface area contributed by atoms with E-state index in [9.17, 15) is 24.9 Å². The molecule has 0 fully saturated rings. The third-order valence-corrected chi connectivity index (χ3v) is 4.71. The number of phenolic OH excluding ortho intramolecular Hbond substituents is 1. The Bertz CT molecular complexity index is 937. The van der Waals surface area contributed by atoms with E-state index in [2.05, 4.69) is 0 Å². The van der Waals surface area contributed by atoms with Crippen LogP contribution in [-0.2, 0) is 12.8 Å². The van der Waals surface area contributed by atoms with Crippen LogP contribution in [0.2, 0.25) is 5.02 Å². The number of carboxylic acids is 1. The van der Waals surface area contributed by atoms with Gasteiger partial charge in [-0.05, 0) is 36.1 Å². The van der Waals surface area contributed by atoms with Gasteiger partial charge in [0, 0.05) is 6.07 Å². The van der Waals surface area contributed by atoms with Crippen molar-refractivity contribution in [2.45, 2.75) is 39.5 Å². The minimum absolute atomic E-state index is 0.0326. The van der Waals surface area contributed by atoms with Gasteiger partial charge in [-0.15, -0.1) is 0 Å². The number of ether oxygens (including phenoxy) is 2. The van der Waals surface area contributed by atoms with Crippen molar-refractivity contribution in [2.24, 2.45) is 0 Å². The zero-order valence-electron chi connectivity index (χ0n) is 16.4. The summed E-state index contributed by atoms with van der Waals surface area (Å²) in [6, 6.07) is 4.02. The Kier molecular flexibility index (Phi) is 7.34. The summed E-state index contributed by atoms with van der Waals surface area (Å²) in [5.74, 6) is -2.90. The Morgan fingerprint density at radius 1 is 1.00 bits per heavy atom. The predicted octanol–water partition coefficient (Wildman–Crippen LogP) is 4.58. The molecule has 0 amide bonds. The van der Waals surface area contributed by atoms with Crippen molar-refractivity contribution in [3.63, 3.8) is 0 Å². The van der Waals surface area contributed by atoms with Gasteiger partial charge in [0.2, 0.25) is 0 Å². The van der Waals surface area contributed by atoms with E-state index >= 15 is 0 Å². The fourth-order valence-corrected chi connectivity index (χ4v) is 3.33. The maximum Gasteiger partial charge on any atom is 0.347 e. The zero-order chi connectivity index (χ0) is 21.7. The molecule has 2 aromatic carbocycles. The van der Waals surface area contributed by atoms with E-state index in [-0.39, 0.29) is 27.6 Å². The van der Waals surface area contributed by atoms with Crippen LogP contribution in [0.15, 0.2) is 18.2 Å². The normalized spacial score (nSPS) is 10.6. The number of methoxy groups -OCH3 is 1. The number of carbonyl (C=O) groups excluding carboxylic acids is 1. The smallest absolute Gasteiger partial charge is 0.347 e. The summed E-state index contributed by atoms with van der Waals surface area (Å²) in [7, 11) is 1.40. The van der Waals surface area contributed by atoms with Crippen molar-refractivity contribution >= 4 is 23.5 Å². The summed E-state index contributed by atoms with van der Waals surface area (Å²) in [4.78, 5) is 24.2. The number of rotatable bonds is 8. The lowest BCUT2D eigenvalue weighted by Gasteiger charge is -2.15. The highest BCUT2D eigenvalue weighted by Gasteiger charge is 2.25. The van der Waals surface area contributed by atoms with Crippen molar-refractivity contribution in [3.05, 3.63) is 45.5 Å². The Balaban J connectivity index is 2.50. The van der Waals surface area contributed by atoms with Gasteiger partial charge in [-0.2, -0.15) is 0 Å². The van der Waals surface area contributed by atoms with E-state index in [0.29, 0.717) is 36.8 Å². The van der Waals surface area contributed by atoms with Crippen LogP contribution in [0.1, 0.15) is 58.5 Å². The molecule has 8 heteroatoms. The lowest BCUT2D eigenvalue weighted by atomic mass is 10.0. The van der Waals surface area contributed by atoms with Gasteiger partial charge in [0.05, 0.1) is 7.11 Å². The lowest BCUT2D eigenvalue weighted by molar-refractivity contribution is 0.0692. The minimum atomic E-state index is -1.27. The molecule has 0 radical (unpaired) electrons. The Hall–Kier alpha value is -2.93. The summed E-state index contributed by atoms with van der Waals surface area (Å²) in [6.45, 7) is 3.77. The zero-order valence-corrected chi connectivity index (χ0v) is 17.2. The van der Waals surface area contributed by atoms with Gasteiger partial charge < -0.3 is 24.8 Å². The number of halogens is 1. The average molecular weight is 423 g/mol. The van der Waals surface area contributed by atoms with Crippen molar-refractivity contribution < 1.29 is 34.4 Å². The highest BCUT2D eigenvalue weighted by molar-refractivity contribution is 6.34. The van der Waals surface area contributed by atoms with Gasteiger partial charge >= 0.3 is 11.9 Å². The SMILES string of the molecule is CCCc1cc(OC(=O)c2c(CCC)cc(OC)c(Cl)c2O)cc(O)c1C(=O)O. The molecule has 2 aromatic rings. The van der Waals surface area contributed by atoms with Gasteiger partial charge in [0.1, 0.15) is 33.4 Å². The van der Waals surface area contributed by atoms with Crippen LogP contribution in [0.5, 0.6) is 23.0 Å². The number of hydrogen-bond acceptors (Lipinski definition) is 6. The number of esters is 1. The van der Waals surface area contributed by atoms with E-state index in [1.165, 1.54) is 13.2 Å². The number of aryl methyl sites for hydroxylation is 2. The van der Waals surface area contributed by atoms with Crippen LogP contribution < -0.4 is 9.47 Å². The van der Waals surface area contributed by atoms with Gasteiger partial charge in [0.15, 0.2) is 5.75 Å². The average Bonchev–Trinajstić information content (AvgIpc) is 2.64. The molecule has 0 unspecified atom stereocenters. The Morgan fingerprint density at radius 3 is 2.10 bits per heavy atom. The number of aromatic carboxylic acids is 1. The maximum absolute atomic E-state index is 12.8. The summed E-state index contributed by atoms with van der Waals surface area (Å²) in [5.41, 5.74) is 0.509. The van der Waals surface area contributed by atoms with Crippen molar-refractivity contribution in [1.29, 1.82) is 0 Å². The van der Waals surface area contributed by atoms with E-state index in [4.69, 9.17) is 21.1 Å². The number of aromatic hydroxyl groups is 2.